The highest BCUT2D eigenvalue weighted by Crippen LogP contribution is 2.26. The third-order valence-corrected chi connectivity index (χ3v) is 6.58. The Hall–Kier alpha value is -1.93. The highest BCUT2D eigenvalue weighted by atomic mass is 32.2. The fourth-order valence-electron chi connectivity index (χ4n) is 2.70. The number of piperidine rings is 1. The summed E-state index contributed by atoms with van der Waals surface area (Å²) in [6.45, 7) is 5.54. The number of methoxy groups -OCH3 is 1. The Morgan fingerprint density at radius 3 is 2.15 bits per heavy atom. The van der Waals surface area contributed by atoms with Crippen LogP contribution in [0.2, 0.25) is 0 Å². The molecule has 0 saturated carbocycles. The van der Waals surface area contributed by atoms with E-state index < -0.39 is 21.4 Å². The van der Waals surface area contributed by atoms with E-state index in [4.69, 9.17) is 9.47 Å². The Morgan fingerprint density at radius 2 is 1.67 bits per heavy atom. The Balaban J connectivity index is 1.92. The van der Waals surface area contributed by atoms with E-state index in [1.807, 2.05) is 0 Å². The number of carbonyl (C=O) groups is 2. The minimum absolute atomic E-state index is 0.143. The van der Waals surface area contributed by atoms with E-state index in [0.717, 1.165) is 0 Å². The van der Waals surface area contributed by atoms with Crippen molar-refractivity contribution in [3.8, 4) is 5.75 Å². The normalized spacial score (nSPS) is 16.7. The van der Waals surface area contributed by atoms with Crippen molar-refractivity contribution in [3.05, 3.63) is 24.3 Å². The molecule has 0 radical (unpaired) electrons. The second kappa shape index (κ2) is 8.39. The fourth-order valence-corrected chi connectivity index (χ4v) is 4.17. The Labute approximate surface area is 160 Å². The molecule has 0 amide bonds. The van der Waals surface area contributed by atoms with Crippen LogP contribution < -0.4 is 4.74 Å². The quantitative estimate of drug-likeness (QED) is 0.684. The van der Waals surface area contributed by atoms with Gasteiger partial charge in [-0.25, -0.2) is 8.42 Å². The van der Waals surface area contributed by atoms with Crippen LogP contribution in [0.25, 0.3) is 0 Å². The van der Waals surface area contributed by atoms with Gasteiger partial charge >= 0.3 is 5.97 Å². The van der Waals surface area contributed by atoms with Crippen LogP contribution in [0.4, 0.5) is 0 Å². The SMILES string of the molecule is COc1ccc(S(=O)(=O)N2CCC(C(=O)OCC(=O)C(C)(C)C)CC2)cc1. The molecule has 1 heterocycles. The molecule has 0 atom stereocenters. The highest BCUT2D eigenvalue weighted by molar-refractivity contribution is 7.89. The highest BCUT2D eigenvalue weighted by Gasteiger charge is 2.33. The molecule has 0 bridgehead atoms. The van der Waals surface area contributed by atoms with E-state index in [-0.39, 0.29) is 36.3 Å². The van der Waals surface area contributed by atoms with Gasteiger partial charge in [-0.15, -0.1) is 0 Å². The number of benzene rings is 1. The summed E-state index contributed by atoms with van der Waals surface area (Å²) in [4.78, 5) is 24.2. The molecule has 1 aliphatic rings. The molecule has 150 valence electrons. The summed E-state index contributed by atoms with van der Waals surface area (Å²) in [5.41, 5.74) is -0.559. The molecule has 0 aromatic heterocycles. The first-order valence-electron chi connectivity index (χ1n) is 8.90. The van der Waals surface area contributed by atoms with Crippen LogP contribution in [-0.2, 0) is 24.3 Å². The number of nitrogens with zero attached hydrogens (tertiary/aromatic N) is 1. The minimum Gasteiger partial charge on any atom is -0.497 e. The molecule has 1 fully saturated rings. The number of hydrogen-bond donors (Lipinski definition) is 0. The van der Waals surface area contributed by atoms with E-state index >= 15 is 0 Å². The van der Waals surface area contributed by atoms with Gasteiger partial charge in [-0.05, 0) is 37.1 Å². The zero-order chi connectivity index (χ0) is 20.2. The third-order valence-electron chi connectivity index (χ3n) is 4.67. The van der Waals surface area contributed by atoms with Gasteiger partial charge in [0.05, 0.1) is 17.9 Å². The van der Waals surface area contributed by atoms with Crippen LogP contribution in [0.1, 0.15) is 33.6 Å². The average molecular weight is 397 g/mol. The number of carbonyl (C=O) groups excluding carboxylic acids is 2. The van der Waals surface area contributed by atoms with Gasteiger partial charge in [0.25, 0.3) is 0 Å². The number of ketones is 1. The number of rotatable bonds is 6. The van der Waals surface area contributed by atoms with Gasteiger partial charge in [0.1, 0.15) is 5.75 Å². The molecule has 1 aromatic carbocycles. The zero-order valence-electron chi connectivity index (χ0n) is 16.2. The second-order valence-corrected chi connectivity index (χ2v) is 9.57. The lowest BCUT2D eigenvalue weighted by molar-refractivity contribution is -0.154. The number of hydrogen-bond acceptors (Lipinski definition) is 6. The minimum atomic E-state index is -3.61. The molecule has 1 aliphatic heterocycles. The molecule has 8 heteroatoms. The first-order chi connectivity index (χ1) is 12.6. The lowest BCUT2D eigenvalue weighted by atomic mass is 9.91. The molecule has 7 nitrogen and oxygen atoms in total. The van der Waals surface area contributed by atoms with Crippen molar-refractivity contribution in [1.82, 2.24) is 4.31 Å². The van der Waals surface area contributed by atoms with E-state index in [0.29, 0.717) is 18.6 Å². The second-order valence-electron chi connectivity index (χ2n) is 7.63. The van der Waals surface area contributed by atoms with Crippen LogP contribution >= 0.6 is 0 Å². The topological polar surface area (TPSA) is 90.0 Å². The summed E-state index contributed by atoms with van der Waals surface area (Å²) in [6.07, 6.45) is 0.746. The lowest BCUT2D eigenvalue weighted by Gasteiger charge is -2.30. The maximum atomic E-state index is 12.7. The zero-order valence-corrected chi connectivity index (χ0v) is 17.0. The van der Waals surface area contributed by atoms with Crippen LogP contribution in [0.15, 0.2) is 29.2 Å². The van der Waals surface area contributed by atoms with E-state index in [1.165, 1.54) is 23.5 Å². The van der Waals surface area contributed by atoms with Gasteiger partial charge in [-0.3, -0.25) is 9.59 Å². The fraction of sp³-hybridized carbons (Fsp3) is 0.579. The Kier molecular flexibility index (Phi) is 6.64. The molecular weight excluding hydrogens is 370 g/mol. The standard InChI is InChI=1S/C19H27NO6S/c1-19(2,3)17(21)13-26-18(22)14-9-11-20(12-10-14)27(23,24)16-7-5-15(25-4)6-8-16/h5-8,14H,9-13H2,1-4H3. The predicted molar refractivity (Wildman–Crippen MR) is 99.9 cm³/mol. The van der Waals surface area contributed by atoms with Crippen LogP contribution in [0.3, 0.4) is 0 Å². The van der Waals surface area contributed by atoms with Crippen molar-refractivity contribution in [2.45, 2.75) is 38.5 Å². The molecule has 1 saturated heterocycles. The third kappa shape index (κ3) is 5.29. The van der Waals surface area contributed by atoms with Crippen LogP contribution in [0.5, 0.6) is 5.75 Å². The molecule has 1 aromatic rings. The molecule has 2 rings (SSSR count). The molecule has 27 heavy (non-hydrogen) atoms. The maximum absolute atomic E-state index is 12.7. The Morgan fingerprint density at radius 1 is 1.11 bits per heavy atom. The smallest absolute Gasteiger partial charge is 0.309 e. The summed E-state index contributed by atoms with van der Waals surface area (Å²) in [5.74, 6) is -0.384. The molecular formula is C19H27NO6S. The van der Waals surface area contributed by atoms with Crippen molar-refractivity contribution < 1.29 is 27.5 Å². The first-order valence-corrected chi connectivity index (χ1v) is 10.3. The first kappa shape index (κ1) is 21.4. The van der Waals surface area contributed by atoms with Crippen molar-refractivity contribution in [3.63, 3.8) is 0 Å². The van der Waals surface area contributed by atoms with Gasteiger partial charge < -0.3 is 9.47 Å². The van der Waals surface area contributed by atoms with E-state index in [2.05, 4.69) is 0 Å². The summed E-state index contributed by atoms with van der Waals surface area (Å²) in [7, 11) is -2.09. The van der Waals surface area contributed by atoms with E-state index in [1.54, 1.807) is 32.9 Å². The molecule has 0 spiro atoms. The van der Waals surface area contributed by atoms with Crippen molar-refractivity contribution >= 4 is 21.8 Å². The van der Waals surface area contributed by atoms with Crippen molar-refractivity contribution in [1.29, 1.82) is 0 Å². The summed E-state index contributed by atoms with van der Waals surface area (Å²) < 4.78 is 37.0. The summed E-state index contributed by atoms with van der Waals surface area (Å²) >= 11 is 0. The maximum Gasteiger partial charge on any atom is 0.309 e. The van der Waals surface area contributed by atoms with Gasteiger partial charge in [0, 0.05) is 18.5 Å². The Bertz CT molecular complexity index is 771. The van der Waals surface area contributed by atoms with E-state index in [9.17, 15) is 18.0 Å². The van der Waals surface area contributed by atoms with Gasteiger partial charge in [0.15, 0.2) is 12.4 Å². The van der Waals surface area contributed by atoms with Gasteiger partial charge in [-0.2, -0.15) is 4.31 Å². The average Bonchev–Trinajstić information content (AvgIpc) is 2.65. The van der Waals surface area contributed by atoms with Crippen LogP contribution in [-0.4, -0.2) is 51.3 Å². The largest absolute Gasteiger partial charge is 0.497 e. The van der Waals surface area contributed by atoms with Crippen molar-refractivity contribution in [2.24, 2.45) is 11.3 Å². The van der Waals surface area contributed by atoms with Gasteiger partial charge in [0.2, 0.25) is 10.0 Å². The molecule has 0 N–H and O–H groups in total. The summed E-state index contributed by atoms with van der Waals surface area (Å²) in [5, 5.41) is 0. The molecule has 0 unspecified atom stereocenters. The van der Waals surface area contributed by atoms with Gasteiger partial charge in [-0.1, -0.05) is 20.8 Å². The van der Waals surface area contributed by atoms with Crippen molar-refractivity contribution in [2.75, 3.05) is 26.8 Å². The number of esters is 1. The number of sulfonamides is 1. The lowest BCUT2D eigenvalue weighted by Crippen LogP contribution is -2.41. The number of ether oxygens (including phenoxy) is 2. The monoisotopic (exact) mass is 397 g/mol. The summed E-state index contributed by atoms with van der Waals surface area (Å²) in [6, 6.07) is 6.21. The predicted octanol–water partition coefficient (Wildman–Crippen LogP) is 2.25. The van der Waals surface area contributed by atoms with Crippen LogP contribution in [0, 0.1) is 11.3 Å². The molecule has 0 aliphatic carbocycles. The number of Topliss-reactive ketones (excluding diaryl/α,β-unsaturated/α-hetero) is 1.